The molecule has 6 N–H and O–H groups in total. The minimum absolute atomic E-state index is 0.0772. The third-order valence-electron chi connectivity index (χ3n) is 5.86. The number of carbonyl (C=O) groups is 4. The minimum atomic E-state index is -1.36. The van der Waals surface area contributed by atoms with Crippen molar-refractivity contribution in [3.8, 4) is 5.75 Å². The fourth-order valence-corrected chi connectivity index (χ4v) is 4.14. The van der Waals surface area contributed by atoms with Gasteiger partial charge in [0.15, 0.2) is 11.7 Å². The maximum Gasteiger partial charge on any atom is 0.343 e. The van der Waals surface area contributed by atoms with E-state index in [1.165, 1.54) is 0 Å². The lowest BCUT2D eigenvalue weighted by Gasteiger charge is -2.21. The van der Waals surface area contributed by atoms with Crippen LogP contribution < -0.4 is 16.2 Å². The van der Waals surface area contributed by atoms with E-state index in [1.54, 1.807) is 36.4 Å². The fourth-order valence-electron chi connectivity index (χ4n) is 4.14. The number of benzene rings is 2. The predicted molar refractivity (Wildman–Crippen MR) is 127 cm³/mol. The Bertz CT molecular complexity index is 1200. The van der Waals surface area contributed by atoms with Gasteiger partial charge in [0.25, 0.3) is 0 Å². The van der Waals surface area contributed by atoms with Crippen LogP contribution in [0.15, 0.2) is 41.4 Å². The number of Topliss-reactive ketones (excluding diaryl/α,β-unsaturated/α-hetero) is 1. The van der Waals surface area contributed by atoms with Crippen LogP contribution in [0, 0.1) is 11.8 Å². The molecule has 0 saturated carbocycles. The molecule has 2 aromatic rings. The molecule has 0 spiro atoms. The maximum absolute atomic E-state index is 13.0. The van der Waals surface area contributed by atoms with Crippen LogP contribution in [-0.4, -0.2) is 39.9 Å². The summed E-state index contributed by atoms with van der Waals surface area (Å²) >= 11 is 0. The fraction of sp³-hybridized carbons (Fsp3) is 0.320. The van der Waals surface area contributed by atoms with Crippen LogP contribution in [0.25, 0.3) is 0 Å². The van der Waals surface area contributed by atoms with Gasteiger partial charge < -0.3 is 26.4 Å². The molecule has 35 heavy (non-hydrogen) atoms. The molecule has 0 bridgehead atoms. The zero-order valence-corrected chi connectivity index (χ0v) is 19.2. The number of aliphatic imine (C=N–C) groups is 1. The summed E-state index contributed by atoms with van der Waals surface area (Å²) in [5.41, 5.74) is 13.2. The number of rotatable bonds is 7. The Morgan fingerprint density at radius 1 is 1.14 bits per heavy atom. The van der Waals surface area contributed by atoms with Crippen LogP contribution in [0.3, 0.4) is 0 Å². The van der Waals surface area contributed by atoms with E-state index in [4.69, 9.17) is 21.3 Å². The van der Waals surface area contributed by atoms with Crippen LogP contribution in [-0.2, 0) is 22.4 Å². The molecule has 2 aromatic carbocycles. The zero-order valence-electron chi connectivity index (χ0n) is 19.2. The van der Waals surface area contributed by atoms with Gasteiger partial charge in [0.2, 0.25) is 0 Å². The van der Waals surface area contributed by atoms with Crippen molar-refractivity contribution in [1.29, 1.82) is 0 Å². The summed E-state index contributed by atoms with van der Waals surface area (Å²) < 4.78 is 5.69. The van der Waals surface area contributed by atoms with Crippen LogP contribution in [0.1, 0.15) is 58.0 Å². The number of aryl methyl sites for hydroxylation is 1. The van der Waals surface area contributed by atoms with Crippen LogP contribution in [0.5, 0.6) is 5.75 Å². The van der Waals surface area contributed by atoms with Crippen LogP contribution in [0.2, 0.25) is 0 Å². The molecule has 0 amide bonds. The van der Waals surface area contributed by atoms with E-state index < -0.39 is 42.5 Å². The van der Waals surface area contributed by atoms with Crippen molar-refractivity contribution in [3.05, 3.63) is 58.7 Å². The largest absolute Gasteiger partial charge is 0.481 e. The molecular formula is C25H27N3O7. The Morgan fingerprint density at radius 3 is 2.54 bits per heavy atom. The topological polar surface area (TPSA) is 182 Å². The van der Waals surface area contributed by atoms with Gasteiger partial charge in [-0.25, -0.2) is 9.79 Å². The van der Waals surface area contributed by atoms with Gasteiger partial charge in [-0.3, -0.25) is 14.4 Å². The second kappa shape index (κ2) is 10.8. The average Bonchev–Trinajstić information content (AvgIpc) is 2.77. The van der Waals surface area contributed by atoms with Crippen molar-refractivity contribution in [2.24, 2.45) is 28.3 Å². The summed E-state index contributed by atoms with van der Waals surface area (Å²) in [4.78, 5) is 52.6. The molecule has 10 heteroatoms. The van der Waals surface area contributed by atoms with Crippen molar-refractivity contribution in [1.82, 2.24) is 0 Å². The number of aliphatic carboxylic acids is 2. The molecular weight excluding hydrogens is 454 g/mol. The van der Waals surface area contributed by atoms with E-state index in [0.717, 1.165) is 5.56 Å². The number of esters is 1. The number of carboxylic acids is 2. The zero-order chi connectivity index (χ0) is 25.7. The Hall–Kier alpha value is -4.21. The highest BCUT2D eigenvalue weighted by Crippen LogP contribution is 2.32. The molecule has 1 aliphatic rings. The summed E-state index contributed by atoms with van der Waals surface area (Å²) in [6.07, 6.45) is 0.496. The van der Waals surface area contributed by atoms with E-state index in [-0.39, 0.29) is 23.2 Å². The van der Waals surface area contributed by atoms with E-state index in [2.05, 4.69) is 4.99 Å². The monoisotopic (exact) mass is 481 g/mol. The third kappa shape index (κ3) is 6.44. The first-order chi connectivity index (χ1) is 16.5. The lowest BCUT2D eigenvalue weighted by atomic mass is 9.87. The smallest absolute Gasteiger partial charge is 0.343 e. The molecule has 0 saturated heterocycles. The van der Waals surface area contributed by atoms with E-state index >= 15 is 0 Å². The number of ether oxygens (including phenoxy) is 1. The summed E-state index contributed by atoms with van der Waals surface area (Å²) in [5, 5.41) is 18.3. The van der Waals surface area contributed by atoms with E-state index in [1.807, 2.05) is 6.92 Å². The highest BCUT2D eigenvalue weighted by molar-refractivity contribution is 6.01. The quantitative estimate of drug-likeness (QED) is 0.152. The average molecular weight is 482 g/mol. The first-order valence-electron chi connectivity index (χ1n) is 11.1. The standard InChI is InChI=1S/C25H27N3O7/c1-13-5-6-14-10-16(28-25(26)27)7-8-17(14)24(34)35-21-4-2-3-18(19(21)9-13)20(29)11-15(23(32)33)12-22(30)31/h2-4,7-8,10,13,15H,5-6,9,11-12H2,1H3,(H,30,31)(H,32,33)(H4,26,27,28)/t13-,15+/m1/s1. The van der Waals surface area contributed by atoms with Crippen molar-refractivity contribution >= 4 is 35.3 Å². The maximum atomic E-state index is 13.0. The molecule has 0 aliphatic carbocycles. The van der Waals surface area contributed by atoms with Gasteiger partial charge in [0.05, 0.1) is 23.6 Å². The van der Waals surface area contributed by atoms with Crippen LogP contribution >= 0.6 is 0 Å². The van der Waals surface area contributed by atoms with Crippen molar-refractivity contribution in [2.45, 2.75) is 39.0 Å². The highest BCUT2D eigenvalue weighted by atomic mass is 16.5. The Labute approximate surface area is 201 Å². The van der Waals surface area contributed by atoms with Crippen LogP contribution in [0.4, 0.5) is 5.69 Å². The molecule has 0 radical (unpaired) electrons. The first kappa shape index (κ1) is 25.4. The summed E-state index contributed by atoms with van der Waals surface area (Å²) in [6, 6.07) is 9.60. The molecule has 0 unspecified atom stereocenters. The van der Waals surface area contributed by atoms with Gasteiger partial charge in [-0.1, -0.05) is 19.1 Å². The number of ketones is 1. The van der Waals surface area contributed by atoms with Gasteiger partial charge in [-0.15, -0.1) is 0 Å². The van der Waals surface area contributed by atoms with Gasteiger partial charge in [-0.2, -0.15) is 0 Å². The molecule has 10 nitrogen and oxygen atoms in total. The second-order valence-electron chi connectivity index (χ2n) is 8.66. The third-order valence-corrected chi connectivity index (χ3v) is 5.86. The molecule has 2 atom stereocenters. The Morgan fingerprint density at radius 2 is 1.89 bits per heavy atom. The normalized spacial score (nSPS) is 16.1. The van der Waals surface area contributed by atoms with Crippen molar-refractivity contribution in [2.75, 3.05) is 0 Å². The molecule has 184 valence electrons. The number of nitrogens with zero attached hydrogens (tertiary/aromatic N) is 1. The molecule has 3 rings (SSSR count). The lowest BCUT2D eigenvalue weighted by molar-refractivity contribution is -0.148. The number of guanidine groups is 1. The van der Waals surface area contributed by atoms with Crippen molar-refractivity contribution in [3.63, 3.8) is 0 Å². The van der Waals surface area contributed by atoms with Gasteiger partial charge in [0, 0.05) is 17.5 Å². The summed E-state index contributed by atoms with van der Waals surface area (Å²) in [6.45, 7) is 2.00. The summed E-state index contributed by atoms with van der Waals surface area (Å²) in [5.74, 6) is -4.95. The highest BCUT2D eigenvalue weighted by Gasteiger charge is 2.28. The molecule has 1 aliphatic heterocycles. The van der Waals surface area contributed by atoms with E-state index in [9.17, 15) is 24.3 Å². The molecule has 1 heterocycles. The number of hydrogen-bond acceptors (Lipinski definition) is 6. The number of hydrogen-bond donors (Lipinski definition) is 4. The first-order valence-corrected chi connectivity index (χ1v) is 11.1. The SMILES string of the molecule is C[C@@H]1CCc2cc(N=C(N)N)ccc2C(=O)Oc2cccc(C(=O)C[C@@H](CC(=O)O)C(=O)O)c2C1. The number of fused-ring (bicyclic) bond motifs is 2. The number of nitrogens with two attached hydrogens (primary N) is 2. The minimum Gasteiger partial charge on any atom is -0.481 e. The predicted octanol–water partition coefficient (Wildman–Crippen LogP) is 2.68. The van der Waals surface area contributed by atoms with Gasteiger partial charge in [-0.05, 0) is 55.0 Å². The van der Waals surface area contributed by atoms with Crippen molar-refractivity contribution < 1.29 is 34.1 Å². The number of carbonyl (C=O) groups excluding carboxylic acids is 2. The lowest BCUT2D eigenvalue weighted by Crippen LogP contribution is -2.23. The van der Waals surface area contributed by atoms with Gasteiger partial charge in [0.1, 0.15) is 5.75 Å². The summed E-state index contributed by atoms with van der Waals surface area (Å²) in [7, 11) is 0. The number of carboxylic acid groups (broad SMARTS) is 2. The molecule has 0 aromatic heterocycles. The van der Waals surface area contributed by atoms with E-state index in [0.29, 0.717) is 36.1 Å². The molecule has 0 fully saturated rings. The second-order valence-corrected chi connectivity index (χ2v) is 8.66. The Balaban J connectivity index is 1.98. The Kier molecular flexibility index (Phi) is 7.85. The van der Waals surface area contributed by atoms with Gasteiger partial charge >= 0.3 is 17.9 Å².